The predicted octanol–water partition coefficient (Wildman–Crippen LogP) is 0.455. The Labute approximate surface area is 174 Å². The van der Waals surface area contributed by atoms with Crippen molar-refractivity contribution >= 4 is 23.5 Å². The molecular formula is C18H32O8Zr. The molecule has 0 amide bonds. The zero-order chi connectivity index (χ0) is 21.8. The average molecular weight is 468 g/mol. The van der Waals surface area contributed by atoms with E-state index in [9.17, 15) is 29.4 Å². The van der Waals surface area contributed by atoms with Gasteiger partial charge in [0.05, 0.1) is 23.8 Å². The first-order valence-electron chi connectivity index (χ1n) is 8.93. The second kappa shape index (κ2) is 21.4. The molecule has 0 aliphatic heterocycles. The van der Waals surface area contributed by atoms with E-state index >= 15 is 0 Å². The SMILES string of the molecule is CC(=O)C(C)C(=O)[O-].CC(=O)C(C)C(=O)[O-].CCCC[O][Zr+2][O]CCCC. The third-order valence-electron chi connectivity index (χ3n) is 3.24. The number of aliphatic carboxylic acids is 2. The summed E-state index contributed by atoms with van der Waals surface area (Å²) >= 11 is -0.876. The van der Waals surface area contributed by atoms with Gasteiger partial charge in [0.15, 0.2) is 0 Å². The van der Waals surface area contributed by atoms with Gasteiger partial charge in [-0.2, -0.15) is 0 Å². The minimum absolute atomic E-state index is 0.370. The molecule has 2 atom stereocenters. The van der Waals surface area contributed by atoms with Gasteiger partial charge in [-0.05, 0) is 13.8 Å². The molecule has 156 valence electrons. The summed E-state index contributed by atoms with van der Waals surface area (Å²) in [4.78, 5) is 39.9. The van der Waals surface area contributed by atoms with E-state index in [1.165, 1.54) is 53.4 Å². The Bertz CT molecular complexity index is 360. The standard InChI is InChI=1S/2C5H8O3.2C4H9O.Zr/c2*1-3(4(2)6)5(7)8;2*1-2-3-4-5;/h2*3H,1-2H3,(H,7,8);2*2-4H2,1H3;/q;;2*-1;+4/p-2. The van der Waals surface area contributed by atoms with Crippen LogP contribution in [0.5, 0.6) is 0 Å². The first kappa shape index (κ1) is 30.8. The van der Waals surface area contributed by atoms with Gasteiger partial charge in [-0.1, -0.05) is 13.8 Å². The van der Waals surface area contributed by atoms with Crippen LogP contribution in [-0.2, 0) is 48.9 Å². The van der Waals surface area contributed by atoms with Gasteiger partial charge in [0.1, 0.15) is 11.6 Å². The molecular weight excluding hydrogens is 435 g/mol. The van der Waals surface area contributed by atoms with Crippen LogP contribution in [0.25, 0.3) is 0 Å². The first-order valence-corrected chi connectivity index (χ1v) is 10.9. The Morgan fingerprint density at radius 2 is 1.07 bits per heavy atom. The van der Waals surface area contributed by atoms with Crippen LogP contribution in [0.1, 0.15) is 67.2 Å². The Hall–Kier alpha value is -0.917. The quantitative estimate of drug-likeness (QED) is 0.298. The number of carboxylic acids is 2. The fourth-order valence-electron chi connectivity index (χ4n) is 0.890. The molecule has 2 unspecified atom stereocenters. The van der Waals surface area contributed by atoms with E-state index in [-0.39, 0.29) is 11.6 Å². The molecule has 0 aromatic heterocycles. The molecule has 0 aromatic carbocycles. The number of ketones is 2. The molecule has 9 heteroatoms. The van der Waals surface area contributed by atoms with Crippen LogP contribution in [0.4, 0.5) is 0 Å². The maximum atomic E-state index is 10.2. The van der Waals surface area contributed by atoms with Crippen LogP contribution in [0.15, 0.2) is 0 Å². The first-order chi connectivity index (χ1) is 12.5. The molecule has 0 rings (SSSR count). The van der Waals surface area contributed by atoms with Crippen LogP contribution in [-0.4, -0.2) is 36.7 Å². The molecule has 0 N–H and O–H groups in total. The Balaban J connectivity index is -0.000000327. The summed E-state index contributed by atoms with van der Waals surface area (Å²) in [7, 11) is 0. The molecule has 0 bridgehead atoms. The number of unbranched alkanes of at least 4 members (excludes halogenated alkanes) is 2. The van der Waals surface area contributed by atoms with Gasteiger partial charge in [-0.25, -0.2) is 0 Å². The van der Waals surface area contributed by atoms with Crippen molar-refractivity contribution < 1.29 is 59.1 Å². The molecule has 0 saturated carbocycles. The predicted molar refractivity (Wildman–Crippen MR) is 91.4 cm³/mol. The fourth-order valence-corrected chi connectivity index (χ4v) is 2.21. The van der Waals surface area contributed by atoms with E-state index in [0.29, 0.717) is 0 Å². The van der Waals surface area contributed by atoms with Crippen molar-refractivity contribution in [2.75, 3.05) is 13.2 Å². The van der Waals surface area contributed by atoms with Gasteiger partial charge >= 0.3 is 82.5 Å². The van der Waals surface area contributed by atoms with Gasteiger partial charge in [0.25, 0.3) is 0 Å². The Morgan fingerprint density at radius 3 is 1.22 bits per heavy atom. The van der Waals surface area contributed by atoms with Crippen molar-refractivity contribution in [1.82, 2.24) is 0 Å². The summed E-state index contributed by atoms with van der Waals surface area (Å²) in [5, 5.41) is 19.6. The third kappa shape index (κ3) is 25.1. The van der Waals surface area contributed by atoms with Crippen molar-refractivity contribution in [2.45, 2.75) is 67.2 Å². The Morgan fingerprint density at radius 1 is 0.778 bits per heavy atom. The van der Waals surface area contributed by atoms with Crippen molar-refractivity contribution in [3.63, 3.8) is 0 Å². The number of Topliss-reactive ketones (excluding diaryl/α,β-unsaturated/α-hetero) is 2. The van der Waals surface area contributed by atoms with Crippen molar-refractivity contribution in [1.29, 1.82) is 0 Å². The number of rotatable bonds is 12. The van der Waals surface area contributed by atoms with E-state index < -0.39 is 47.9 Å². The van der Waals surface area contributed by atoms with Crippen LogP contribution >= 0.6 is 0 Å². The fraction of sp³-hybridized carbons (Fsp3) is 0.778. The molecule has 0 aliphatic rings. The molecule has 0 heterocycles. The molecule has 0 saturated heterocycles. The number of hydrogen-bond acceptors (Lipinski definition) is 8. The minimum atomic E-state index is -1.31. The summed E-state index contributed by atoms with van der Waals surface area (Å²) in [5.74, 6) is -5.28. The molecule has 0 fully saturated rings. The van der Waals surface area contributed by atoms with Crippen LogP contribution in [0, 0.1) is 11.8 Å². The summed E-state index contributed by atoms with van der Waals surface area (Å²) in [6.07, 6.45) is 4.79. The van der Waals surface area contributed by atoms with Gasteiger partial charge in [-0.3, -0.25) is 9.59 Å². The number of carbonyl (C=O) groups is 4. The van der Waals surface area contributed by atoms with E-state index in [4.69, 9.17) is 5.63 Å². The van der Waals surface area contributed by atoms with Crippen LogP contribution in [0.3, 0.4) is 0 Å². The van der Waals surface area contributed by atoms with Crippen molar-refractivity contribution in [3.05, 3.63) is 0 Å². The Kier molecular flexibility index (Phi) is 24.4. The van der Waals surface area contributed by atoms with Gasteiger partial charge < -0.3 is 19.8 Å². The molecule has 0 spiro atoms. The average Bonchev–Trinajstić information content (AvgIpc) is 2.60. The van der Waals surface area contributed by atoms with E-state index in [2.05, 4.69) is 13.8 Å². The normalized spacial score (nSPS) is 11.5. The van der Waals surface area contributed by atoms with Crippen molar-refractivity contribution in [2.24, 2.45) is 11.8 Å². The number of hydrogen-bond donors (Lipinski definition) is 0. The zero-order valence-electron chi connectivity index (χ0n) is 17.2. The molecule has 27 heavy (non-hydrogen) atoms. The van der Waals surface area contributed by atoms with Crippen LogP contribution in [0.2, 0.25) is 0 Å². The zero-order valence-corrected chi connectivity index (χ0v) is 19.6. The van der Waals surface area contributed by atoms with Gasteiger partial charge in [0.2, 0.25) is 0 Å². The van der Waals surface area contributed by atoms with Gasteiger partial charge in [-0.15, -0.1) is 0 Å². The van der Waals surface area contributed by atoms with Gasteiger partial charge in [0, 0.05) is 0 Å². The molecule has 0 radical (unpaired) electrons. The number of carbonyl (C=O) groups excluding carboxylic acids is 4. The topological polar surface area (TPSA) is 133 Å². The molecule has 0 aliphatic carbocycles. The summed E-state index contributed by atoms with van der Waals surface area (Å²) in [5.41, 5.74) is 0. The summed E-state index contributed by atoms with van der Waals surface area (Å²) < 4.78 is 10.7. The summed E-state index contributed by atoms with van der Waals surface area (Å²) in [6, 6.07) is 0. The molecule has 8 nitrogen and oxygen atoms in total. The summed E-state index contributed by atoms with van der Waals surface area (Å²) in [6.45, 7) is 11.2. The van der Waals surface area contributed by atoms with E-state index in [1.807, 2.05) is 0 Å². The van der Waals surface area contributed by atoms with E-state index in [0.717, 1.165) is 13.2 Å². The van der Waals surface area contributed by atoms with Crippen LogP contribution < -0.4 is 10.2 Å². The molecule has 0 aromatic rings. The van der Waals surface area contributed by atoms with E-state index in [1.54, 1.807) is 0 Å². The maximum absolute atomic E-state index is 10.2. The monoisotopic (exact) mass is 466 g/mol. The second-order valence-corrected chi connectivity index (χ2v) is 7.62. The third-order valence-corrected chi connectivity index (χ3v) is 4.83. The van der Waals surface area contributed by atoms with Crippen molar-refractivity contribution in [3.8, 4) is 0 Å². The number of carboxylic acid groups (broad SMARTS) is 2. The second-order valence-electron chi connectivity index (χ2n) is 5.79.